The van der Waals surface area contributed by atoms with Gasteiger partial charge in [0.2, 0.25) is 5.71 Å². The van der Waals surface area contributed by atoms with E-state index in [0.717, 1.165) is 33.4 Å². The smallest absolute Gasteiger partial charge is 0.227 e. The average Bonchev–Trinajstić information content (AvgIpc) is 3.21. The maximum Gasteiger partial charge on any atom is 0.227 e. The van der Waals surface area contributed by atoms with Crippen molar-refractivity contribution < 1.29 is 4.42 Å². The van der Waals surface area contributed by atoms with Gasteiger partial charge in [-0.15, -0.1) is 0 Å². The van der Waals surface area contributed by atoms with E-state index in [1.807, 2.05) is 43.4 Å². The highest BCUT2D eigenvalue weighted by Crippen LogP contribution is 2.46. The molecular weight excluding hydrogens is 350 g/mol. The Morgan fingerprint density at radius 3 is 2.71 bits per heavy atom. The maximum absolute atomic E-state index is 9.58. The van der Waals surface area contributed by atoms with Crippen LogP contribution in [0.5, 0.6) is 0 Å². The van der Waals surface area contributed by atoms with Gasteiger partial charge in [-0.2, -0.15) is 10.5 Å². The lowest BCUT2D eigenvalue weighted by Gasteiger charge is -2.27. The van der Waals surface area contributed by atoms with Gasteiger partial charge in [0, 0.05) is 35.8 Å². The Hall–Kier alpha value is -4.03. The number of rotatable bonds is 1. The summed E-state index contributed by atoms with van der Waals surface area (Å²) in [4.78, 5) is 8.47. The molecule has 134 valence electrons. The van der Waals surface area contributed by atoms with E-state index in [2.05, 4.69) is 33.8 Å². The van der Waals surface area contributed by atoms with Gasteiger partial charge in [0.05, 0.1) is 28.6 Å². The zero-order chi connectivity index (χ0) is 19.4. The van der Waals surface area contributed by atoms with Gasteiger partial charge in [-0.1, -0.05) is 0 Å². The Bertz CT molecular complexity index is 1340. The molecule has 0 saturated heterocycles. The van der Waals surface area contributed by atoms with Crippen LogP contribution in [0.25, 0.3) is 22.1 Å². The average molecular weight is 365 g/mol. The lowest BCUT2D eigenvalue weighted by Crippen LogP contribution is -2.35. The minimum Gasteiger partial charge on any atom is -0.438 e. The fourth-order valence-electron chi connectivity index (χ4n) is 3.99. The summed E-state index contributed by atoms with van der Waals surface area (Å²) in [6.45, 7) is 2.07. The quantitative estimate of drug-likeness (QED) is 0.488. The number of nitriles is 2. The SMILES string of the molecule is C[C@H]1N(C)c2c(C#N)cc(C#N)cc2N1c1ccc2c(c1)oc1ncccc12. The summed E-state index contributed by atoms with van der Waals surface area (Å²) in [5.41, 5.74) is 4.95. The number of benzene rings is 2. The highest BCUT2D eigenvalue weighted by atomic mass is 16.3. The highest BCUT2D eigenvalue weighted by molar-refractivity contribution is 6.05. The van der Waals surface area contributed by atoms with Crippen LogP contribution in [0.15, 0.2) is 53.1 Å². The summed E-state index contributed by atoms with van der Waals surface area (Å²) in [6, 6.07) is 17.8. The van der Waals surface area contributed by atoms with Crippen molar-refractivity contribution >= 4 is 39.1 Å². The molecule has 28 heavy (non-hydrogen) atoms. The molecule has 4 aromatic rings. The number of fused-ring (bicyclic) bond motifs is 4. The molecule has 0 fully saturated rings. The van der Waals surface area contributed by atoms with Gasteiger partial charge in [-0.25, -0.2) is 4.98 Å². The van der Waals surface area contributed by atoms with Crippen molar-refractivity contribution in [2.75, 3.05) is 16.8 Å². The second kappa shape index (κ2) is 5.73. The minimum atomic E-state index is -0.0176. The maximum atomic E-state index is 9.58. The summed E-state index contributed by atoms with van der Waals surface area (Å²) in [7, 11) is 1.96. The van der Waals surface area contributed by atoms with E-state index in [9.17, 15) is 10.5 Å². The standard InChI is InChI=1S/C22H15N5O/c1-13-26(2)21-15(12-24)8-14(11-23)9-19(21)27(13)16-5-6-17-18-4-3-7-25-22(18)28-20(17)10-16/h3-10,13H,1-2H3/t13-/m0/s1. The Balaban J connectivity index is 1.73. The second-order valence-corrected chi connectivity index (χ2v) is 6.87. The molecule has 0 spiro atoms. The summed E-state index contributed by atoms with van der Waals surface area (Å²) in [6.07, 6.45) is 1.70. The molecule has 6 nitrogen and oxygen atoms in total. The van der Waals surface area contributed by atoms with E-state index in [4.69, 9.17) is 4.42 Å². The molecule has 0 N–H and O–H groups in total. The predicted molar refractivity (Wildman–Crippen MR) is 107 cm³/mol. The van der Waals surface area contributed by atoms with Crippen LogP contribution in [0.1, 0.15) is 18.1 Å². The highest BCUT2D eigenvalue weighted by Gasteiger charge is 2.34. The van der Waals surface area contributed by atoms with E-state index in [-0.39, 0.29) is 6.17 Å². The van der Waals surface area contributed by atoms with Crippen molar-refractivity contribution in [3.8, 4) is 12.1 Å². The third-order valence-corrected chi connectivity index (χ3v) is 5.40. The third kappa shape index (κ3) is 2.09. The summed E-state index contributed by atoms with van der Waals surface area (Å²) >= 11 is 0. The molecule has 0 aliphatic carbocycles. The number of pyridine rings is 1. The molecule has 2 aromatic heterocycles. The summed E-state index contributed by atoms with van der Waals surface area (Å²) in [5.74, 6) is 0. The molecular formula is C22H15N5O. The first-order valence-electron chi connectivity index (χ1n) is 8.90. The number of anilines is 3. The molecule has 0 unspecified atom stereocenters. The Kier molecular flexibility index (Phi) is 3.31. The van der Waals surface area contributed by atoms with Gasteiger partial charge >= 0.3 is 0 Å². The van der Waals surface area contributed by atoms with Crippen LogP contribution in [-0.4, -0.2) is 18.2 Å². The largest absolute Gasteiger partial charge is 0.438 e. The molecule has 0 saturated carbocycles. The monoisotopic (exact) mass is 365 g/mol. The molecule has 6 heteroatoms. The van der Waals surface area contributed by atoms with Gasteiger partial charge in [0.1, 0.15) is 17.8 Å². The van der Waals surface area contributed by atoms with E-state index in [0.29, 0.717) is 16.8 Å². The fraction of sp³-hybridized carbons (Fsp3) is 0.136. The van der Waals surface area contributed by atoms with Crippen molar-refractivity contribution in [3.05, 3.63) is 59.8 Å². The summed E-state index contributed by atoms with van der Waals surface area (Å²) < 4.78 is 5.94. The molecule has 1 aliphatic rings. The van der Waals surface area contributed by atoms with Gasteiger partial charge in [0.15, 0.2) is 0 Å². The number of hydrogen-bond donors (Lipinski definition) is 0. The number of nitrogens with zero attached hydrogens (tertiary/aromatic N) is 5. The van der Waals surface area contributed by atoms with Gasteiger partial charge in [-0.05, 0) is 43.3 Å². The van der Waals surface area contributed by atoms with E-state index >= 15 is 0 Å². The van der Waals surface area contributed by atoms with Crippen LogP contribution in [0.2, 0.25) is 0 Å². The van der Waals surface area contributed by atoms with Crippen molar-refractivity contribution in [1.29, 1.82) is 10.5 Å². The first-order valence-corrected chi connectivity index (χ1v) is 8.90. The Morgan fingerprint density at radius 1 is 1.07 bits per heavy atom. The van der Waals surface area contributed by atoms with Crippen LogP contribution < -0.4 is 9.80 Å². The molecule has 2 aromatic carbocycles. The van der Waals surface area contributed by atoms with Crippen LogP contribution >= 0.6 is 0 Å². The van der Waals surface area contributed by atoms with Crippen LogP contribution in [-0.2, 0) is 0 Å². The zero-order valence-electron chi connectivity index (χ0n) is 15.3. The predicted octanol–water partition coefficient (Wildman–Crippen LogP) is 4.66. The minimum absolute atomic E-state index is 0.0176. The Morgan fingerprint density at radius 2 is 1.93 bits per heavy atom. The molecule has 0 radical (unpaired) electrons. The van der Waals surface area contributed by atoms with Crippen molar-refractivity contribution in [2.45, 2.75) is 13.1 Å². The van der Waals surface area contributed by atoms with Crippen molar-refractivity contribution in [2.24, 2.45) is 0 Å². The second-order valence-electron chi connectivity index (χ2n) is 6.87. The third-order valence-electron chi connectivity index (χ3n) is 5.40. The fourth-order valence-corrected chi connectivity index (χ4v) is 3.99. The zero-order valence-corrected chi connectivity index (χ0v) is 15.3. The van der Waals surface area contributed by atoms with Crippen LogP contribution in [0.3, 0.4) is 0 Å². The first kappa shape index (κ1) is 16.2. The molecule has 1 aliphatic heterocycles. The molecule has 5 rings (SSSR count). The van der Waals surface area contributed by atoms with E-state index in [1.54, 1.807) is 12.3 Å². The van der Waals surface area contributed by atoms with Crippen LogP contribution in [0, 0.1) is 22.7 Å². The molecule has 0 bridgehead atoms. The van der Waals surface area contributed by atoms with Crippen molar-refractivity contribution in [3.63, 3.8) is 0 Å². The Labute approximate surface area is 161 Å². The van der Waals surface area contributed by atoms with E-state index < -0.39 is 0 Å². The van der Waals surface area contributed by atoms with E-state index in [1.165, 1.54) is 0 Å². The molecule has 1 atom stereocenters. The molecule has 0 amide bonds. The van der Waals surface area contributed by atoms with Crippen molar-refractivity contribution in [1.82, 2.24) is 4.98 Å². The first-order chi connectivity index (χ1) is 13.6. The lowest BCUT2D eigenvalue weighted by molar-refractivity contribution is 0.653. The lowest BCUT2D eigenvalue weighted by atomic mass is 10.1. The van der Waals surface area contributed by atoms with Gasteiger partial charge in [0.25, 0.3) is 0 Å². The number of furan rings is 1. The normalized spacial score (nSPS) is 15.6. The van der Waals surface area contributed by atoms with Gasteiger partial charge < -0.3 is 14.2 Å². The van der Waals surface area contributed by atoms with Gasteiger partial charge in [-0.3, -0.25) is 0 Å². The summed E-state index contributed by atoms with van der Waals surface area (Å²) in [5, 5.41) is 21.0. The molecule has 3 heterocycles. The van der Waals surface area contributed by atoms with Crippen LogP contribution in [0.4, 0.5) is 17.1 Å². The number of aromatic nitrogens is 1. The number of hydrogen-bond acceptors (Lipinski definition) is 6. The topological polar surface area (TPSA) is 80.1 Å².